The summed E-state index contributed by atoms with van der Waals surface area (Å²) in [5, 5.41) is 10.8. The zero-order valence-corrected chi connectivity index (χ0v) is 16.0. The Balaban J connectivity index is 1.88. The average molecular weight is 376 g/mol. The summed E-state index contributed by atoms with van der Waals surface area (Å²) in [6, 6.07) is 7.46. The van der Waals surface area contributed by atoms with Gasteiger partial charge in [0.05, 0.1) is 0 Å². The average Bonchev–Trinajstić information content (AvgIpc) is 2.63. The number of hydrogen-bond acceptors (Lipinski definition) is 4. The SMILES string of the molecule is CC(O)C1=NC2(c3ccccc3Cl)CCCC(C3CCCCC3)(O1)C2=O. The molecule has 1 heterocycles. The van der Waals surface area contributed by atoms with Gasteiger partial charge in [0.1, 0.15) is 6.10 Å². The number of rotatable bonds is 3. The summed E-state index contributed by atoms with van der Waals surface area (Å²) in [5.41, 5.74) is -1.15. The number of aliphatic hydroxyl groups is 1. The number of ketones is 1. The number of aliphatic imine (C=N–C) groups is 1. The lowest BCUT2D eigenvalue weighted by atomic mass is 9.61. The number of Topliss-reactive ketones (excluding diaryl/α,β-unsaturated/α-hetero) is 1. The van der Waals surface area contributed by atoms with Crippen molar-refractivity contribution in [2.75, 3.05) is 0 Å². The Bertz CT molecular complexity index is 741. The fraction of sp³-hybridized carbons (Fsp3) is 0.619. The molecule has 140 valence electrons. The number of carbonyl (C=O) groups excluding carboxylic acids is 1. The predicted octanol–water partition coefficient (Wildman–Crippen LogP) is 4.42. The molecule has 1 aromatic rings. The van der Waals surface area contributed by atoms with E-state index in [1.807, 2.05) is 24.3 Å². The Hall–Kier alpha value is -1.39. The van der Waals surface area contributed by atoms with Crippen molar-refractivity contribution in [2.24, 2.45) is 10.9 Å². The first-order valence-corrected chi connectivity index (χ1v) is 10.1. The van der Waals surface area contributed by atoms with Gasteiger partial charge < -0.3 is 9.84 Å². The molecule has 2 aliphatic carbocycles. The fourth-order valence-electron chi connectivity index (χ4n) is 5.12. The van der Waals surface area contributed by atoms with Crippen LogP contribution in [0.3, 0.4) is 0 Å². The van der Waals surface area contributed by atoms with E-state index in [0.717, 1.165) is 37.7 Å². The van der Waals surface area contributed by atoms with Crippen LogP contribution in [0.15, 0.2) is 29.3 Å². The Morgan fingerprint density at radius 3 is 2.62 bits per heavy atom. The van der Waals surface area contributed by atoms with Crippen LogP contribution in [-0.4, -0.2) is 28.5 Å². The summed E-state index contributed by atoms with van der Waals surface area (Å²) in [6.07, 6.45) is 6.81. The van der Waals surface area contributed by atoms with Crippen LogP contribution in [0.4, 0.5) is 0 Å². The van der Waals surface area contributed by atoms with Crippen LogP contribution in [0.25, 0.3) is 0 Å². The largest absolute Gasteiger partial charge is 0.464 e. The molecule has 0 radical (unpaired) electrons. The molecule has 4 nitrogen and oxygen atoms in total. The van der Waals surface area contributed by atoms with Crippen molar-refractivity contribution < 1.29 is 14.6 Å². The molecule has 3 unspecified atom stereocenters. The van der Waals surface area contributed by atoms with Crippen molar-refractivity contribution >= 4 is 23.3 Å². The first-order chi connectivity index (χ1) is 12.5. The van der Waals surface area contributed by atoms with Gasteiger partial charge in [-0.3, -0.25) is 4.79 Å². The van der Waals surface area contributed by atoms with Gasteiger partial charge >= 0.3 is 0 Å². The van der Waals surface area contributed by atoms with E-state index >= 15 is 0 Å². The van der Waals surface area contributed by atoms with Crippen LogP contribution in [0, 0.1) is 5.92 Å². The molecule has 0 amide bonds. The molecule has 2 saturated carbocycles. The van der Waals surface area contributed by atoms with Gasteiger partial charge in [-0.15, -0.1) is 0 Å². The lowest BCUT2D eigenvalue weighted by Gasteiger charge is -2.52. The number of benzene rings is 1. The molecule has 2 fully saturated rings. The van der Waals surface area contributed by atoms with Crippen LogP contribution in [0.1, 0.15) is 63.9 Å². The summed E-state index contributed by atoms with van der Waals surface area (Å²) in [4.78, 5) is 18.6. The van der Waals surface area contributed by atoms with Gasteiger partial charge in [0.15, 0.2) is 11.1 Å². The number of hydrogen-bond donors (Lipinski definition) is 1. The number of carbonyl (C=O) groups is 1. The van der Waals surface area contributed by atoms with Gasteiger partial charge in [0.2, 0.25) is 11.7 Å². The molecular formula is C21H26ClNO3. The first-order valence-electron chi connectivity index (χ1n) is 9.76. The van der Waals surface area contributed by atoms with Gasteiger partial charge in [-0.1, -0.05) is 49.1 Å². The summed E-state index contributed by atoms with van der Waals surface area (Å²) in [7, 11) is 0. The van der Waals surface area contributed by atoms with Crippen molar-refractivity contribution in [1.29, 1.82) is 0 Å². The zero-order chi connectivity index (χ0) is 18.4. The van der Waals surface area contributed by atoms with E-state index in [2.05, 4.69) is 0 Å². The third-order valence-corrected chi connectivity index (χ3v) is 6.71. The van der Waals surface area contributed by atoms with Crippen LogP contribution in [-0.2, 0) is 15.1 Å². The summed E-state index contributed by atoms with van der Waals surface area (Å²) in [5.74, 6) is 0.519. The highest BCUT2D eigenvalue weighted by Gasteiger charge is 2.62. The minimum absolute atomic E-state index is 0.0423. The van der Waals surface area contributed by atoms with E-state index < -0.39 is 17.2 Å². The summed E-state index contributed by atoms with van der Waals surface area (Å²) < 4.78 is 6.25. The number of ether oxygens (including phenoxy) is 1. The Morgan fingerprint density at radius 1 is 1.19 bits per heavy atom. The quantitative estimate of drug-likeness (QED) is 0.850. The Labute approximate surface area is 159 Å². The second kappa shape index (κ2) is 6.65. The molecule has 3 aliphatic rings. The van der Waals surface area contributed by atoms with E-state index in [1.54, 1.807) is 6.92 Å². The van der Waals surface area contributed by atoms with Gasteiger partial charge in [0.25, 0.3) is 0 Å². The third-order valence-electron chi connectivity index (χ3n) is 6.38. The number of aliphatic hydroxyl groups excluding tert-OH is 1. The molecule has 1 N–H and O–H groups in total. The molecular weight excluding hydrogens is 350 g/mol. The topological polar surface area (TPSA) is 58.9 Å². The molecule has 0 spiro atoms. The second-order valence-corrected chi connectivity index (χ2v) is 8.38. The van der Waals surface area contributed by atoms with Crippen molar-refractivity contribution in [2.45, 2.75) is 75.5 Å². The van der Waals surface area contributed by atoms with Gasteiger partial charge in [-0.2, -0.15) is 0 Å². The van der Waals surface area contributed by atoms with E-state index in [1.165, 1.54) is 6.42 Å². The maximum atomic E-state index is 13.9. The van der Waals surface area contributed by atoms with Gasteiger partial charge in [-0.25, -0.2) is 4.99 Å². The summed E-state index contributed by atoms with van der Waals surface area (Å²) >= 11 is 6.50. The summed E-state index contributed by atoms with van der Waals surface area (Å²) in [6.45, 7) is 1.65. The molecule has 26 heavy (non-hydrogen) atoms. The minimum atomic E-state index is -1.03. The Kier molecular flexibility index (Phi) is 4.60. The maximum Gasteiger partial charge on any atom is 0.215 e. The molecule has 5 heteroatoms. The lowest BCUT2D eigenvalue weighted by molar-refractivity contribution is -0.160. The minimum Gasteiger partial charge on any atom is -0.464 e. The predicted molar refractivity (Wildman–Crippen MR) is 101 cm³/mol. The van der Waals surface area contributed by atoms with Gasteiger partial charge in [-0.05, 0) is 45.1 Å². The van der Waals surface area contributed by atoms with Crippen LogP contribution in [0.5, 0.6) is 0 Å². The molecule has 4 rings (SSSR count). The Morgan fingerprint density at radius 2 is 1.92 bits per heavy atom. The van der Waals surface area contributed by atoms with Crippen molar-refractivity contribution in [3.05, 3.63) is 34.9 Å². The third kappa shape index (κ3) is 2.61. The van der Waals surface area contributed by atoms with Crippen molar-refractivity contribution in [3.63, 3.8) is 0 Å². The molecule has 1 aromatic carbocycles. The number of fused-ring (bicyclic) bond motifs is 2. The van der Waals surface area contributed by atoms with E-state index in [4.69, 9.17) is 21.3 Å². The lowest BCUT2D eigenvalue weighted by Crippen LogP contribution is -2.64. The molecule has 2 bridgehead atoms. The molecule has 3 atom stereocenters. The highest BCUT2D eigenvalue weighted by atomic mass is 35.5. The monoisotopic (exact) mass is 375 g/mol. The maximum absolute atomic E-state index is 13.9. The van der Waals surface area contributed by atoms with E-state index in [9.17, 15) is 9.90 Å². The highest BCUT2D eigenvalue weighted by molar-refractivity contribution is 6.32. The molecule has 0 saturated heterocycles. The molecule has 1 aliphatic heterocycles. The fourth-order valence-corrected chi connectivity index (χ4v) is 5.41. The standard InChI is InChI=1S/C21H26ClNO3/c1-14(24)18-23-20(16-10-5-6-11-17(16)22)12-7-13-21(26-18,19(20)25)15-8-3-2-4-9-15/h5-6,10-11,14-15,24H,2-4,7-9,12-13H2,1H3. The first kappa shape index (κ1) is 18.0. The molecule has 0 aromatic heterocycles. The smallest absolute Gasteiger partial charge is 0.215 e. The zero-order valence-electron chi connectivity index (χ0n) is 15.2. The van der Waals surface area contributed by atoms with E-state index in [0.29, 0.717) is 17.9 Å². The van der Waals surface area contributed by atoms with Crippen LogP contribution < -0.4 is 0 Å². The van der Waals surface area contributed by atoms with Crippen molar-refractivity contribution in [1.82, 2.24) is 0 Å². The second-order valence-electron chi connectivity index (χ2n) is 7.98. The van der Waals surface area contributed by atoms with Crippen molar-refractivity contribution in [3.8, 4) is 0 Å². The van der Waals surface area contributed by atoms with Crippen LogP contribution in [0.2, 0.25) is 5.02 Å². The van der Waals surface area contributed by atoms with Crippen LogP contribution >= 0.6 is 11.6 Å². The van der Waals surface area contributed by atoms with E-state index in [-0.39, 0.29) is 17.6 Å². The normalized spacial score (nSPS) is 33.3. The number of nitrogens with zero attached hydrogens (tertiary/aromatic N) is 1. The number of halogens is 1. The highest BCUT2D eigenvalue weighted by Crippen LogP contribution is 2.53. The van der Waals surface area contributed by atoms with Gasteiger partial charge in [0, 0.05) is 16.5 Å².